The number of fused-ring (bicyclic) bond motifs is 4. The number of aromatic hydroxyl groups is 1. The van der Waals surface area contributed by atoms with Crippen LogP contribution in [-0.4, -0.2) is 153 Å². The van der Waals surface area contributed by atoms with Crippen molar-refractivity contribution in [1.82, 2.24) is 30.4 Å². The number of phenolic OH excluding ortho intramolecular Hbond substituents is 1. The molecule has 2 bridgehead atoms. The van der Waals surface area contributed by atoms with Gasteiger partial charge in [-0.25, -0.2) is 8.78 Å². The van der Waals surface area contributed by atoms with Crippen LogP contribution in [0.1, 0.15) is 140 Å². The number of carbonyl (C=O) groups is 5. The number of primary amides is 1. The Morgan fingerprint density at radius 2 is 1.76 bits per heavy atom. The molecule has 0 radical (unpaired) electrons. The standard InChI is InChI=1S/C30H47N3O4.C27H25F2N5O2.C2H5NO.CH3NO/c1-3-12-26(22-35)32(2)30(36)29-24(21-34)13-10-15-28(29)31-18-8-6-4-5-7-9-20-37-23-27-17-16-25-14-11-19-33(25)27;1-4-20-23(29)8-5-16-9-19(35)10-21(25(16)20)15(2)30-12-22-24(11-28)32-27(36-3)33-26(22)34-13-17-6-7-18(14-34)31-17;1-3-2-4;2-1-3/h10,13,15,21-22,25-27,31H,3-9,11-12,14,16-20,23H2,1-2H3;1,5,8-10,12,17-18,31,35H,2,6-7,11,13-14H2,3H3;2H,1H3,(H,3,4);1H,(H2,2,3). The highest BCUT2D eigenvalue weighted by Gasteiger charge is 2.37. The summed E-state index contributed by atoms with van der Waals surface area (Å²) in [7, 11) is 4.63. The Kier molecular flexibility index (Phi) is 26.4. The molecule has 0 saturated carbocycles. The molecule has 3 amide bonds. The monoisotopic (exact) mass is 1110 g/mol. The predicted octanol–water partition coefficient (Wildman–Crippen LogP) is 7.76. The molecule has 80 heavy (non-hydrogen) atoms. The minimum Gasteiger partial charge on any atom is -0.508 e. The smallest absolute Gasteiger partial charge is 0.318 e. The van der Waals surface area contributed by atoms with Crippen LogP contribution in [0.3, 0.4) is 0 Å². The number of hydrogen-bond donors (Lipinski definition) is 5. The van der Waals surface area contributed by atoms with Gasteiger partial charge < -0.3 is 50.9 Å². The molecule has 3 aromatic carbocycles. The average molecular weight is 1110 g/mol. The van der Waals surface area contributed by atoms with Crippen LogP contribution in [0.4, 0.5) is 20.3 Å². The quantitative estimate of drug-likeness (QED) is 0.0185. The Morgan fingerprint density at radius 3 is 2.41 bits per heavy atom. The number of aldehydes is 2. The molecule has 8 rings (SSSR count). The first-order valence-corrected chi connectivity index (χ1v) is 27.7. The number of nitrogens with two attached hydrogens (primary N) is 1. The van der Waals surface area contributed by atoms with Crippen LogP contribution in [0, 0.1) is 18.2 Å². The first-order valence-electron chi connectivity index (χ1n) is 27.7. The number of unbranched alkanes of at least 4 members (excludes halogenated alkanes) is 5. The van der Waals surface area contributed by atoms with Gasteiger partial charge in [-0.3, -0.25) is 29.1 Å². The second-order valence-corrected chi connectivity index (χ2v) is 20.2. The van der Waals surface area contributed by atoms with Crippen molar-refractivity contribution in [2.45, 2.75) is 134 Å². The molecule has 4 aliphatic rings. The summed E-state index contributed by atoms with van der Waals surface area (Å²) >= 11 is 0. The molecule has 6 N–H and O–H groups in total. The van der Waals surface area contributed by atoms with E-state index in [2.05, 4.69) is 58.9 Å². The maximum absolute atomic E-state index is 14.5. The highest BCUT2D eigenvalue weighted by Crippen LogP contribution is 2.35. The fourth-order valence-corrected chi connectivity index (χ4v) is 10.9. The van der Waals surface area contributed by atoms with Crippen LogP contribution in [0.5, 0.6) is 11.8 Å². The topological polar surface area (TPSA) is 234 Å². The Labute approximate surface area is 469 Å². The van der Waals surface area contributed by atoms with Crippen molar-refractivity contribution in [3.05, 3.63) is 88.4 Å². The Hall–Kier alpha value is -7.34. The minimum atomic E-state index is -0.847. The minimum absolute atomic E-state index is 0.0439. The van der Waals surface area contributed by atoms with Gasteiger partial charge in [0.15, 0.2) is 6.29 Å². The number of amides is 3. The van der Waals surface area contributed by atoms with E-state index in [9.17, 15) is 28.3 Å². The lowest BCUT2D eigenvalue weighted by Crippen LogP contribution is -2.51. The van der Waals surface area contributed by atoms with Gasteiger partial charge in [0.2, 0.25) is 12.8 Å². The fourth-order valence-electron chi connectivity index (χ4n) is 10.9. The van der Waals surface area contributed by atoms with Gasteiger partial charge in [-0.2, -0.15) is 9.97 Å². The van der Waals surface area contributed by atoms with Crippen LogP contribution >= 0.6 is 0 Å². The SMILES string of the molecule is C#Cc1c(F)ccc2cc(O)cc(C(=C)N=Cc3c(CF)nc(OC)nc3N3CC4CCC(C3)N4)c12.CCCC(C=O)N(C)C(=O)c1c(C=O)cccc1NCCCCCCCCOCC1CCC2CCCN21.CNC=O.NC=O. The van der Waals surface area contributed by atoms with Crippen molar-refractivity contribution in [2.24, 2.45) is 10.7 Å². The summed E-state index contributed by atoms with van der Waals surface area (Å²) in [5, 5.41) is 20.4. The molecule has 0 spiro atoms. The molecule has 4 aromatic rings. The first-order chi connectivity index (χ1) is 38.8. The summed E-state index contributed by atoms with van der Waals surface area (Å²) in [4.78, 5) is 73.4. The highest BCUT2D eigenvalue weighted by molar-refractivity contribution is 6.07. The number of nitrogens with zero attached hydrogens (tertiary/aromatic N) is 6. The number of halogens is 2. The van der Waals surface area contributed by atoms with Crippen LogP contribution < -0.4 is 31.3 Å². The second-order valence-electron chi connectivity index (χ2n) is 20.2. The first kappa shape index (κ1) is 63.5. The molecule has 4 saturated heterocycles. The van der Waals surface area contributed by atoms with Crippen molar-refractivity contribution in [1.29, 1.82) is 0 Å². The van der Waals surface area contributed by atoms with Gasteiger partial charge >= 0.3 is 6.01 Å². The summed E-state index contributed by atoms with van der Waals surface area (Å²) in [5.74, 6) is 2.00. The molecule has 4 fully saturated rings. The largest absolute Gasteiger partial charge is 0.508 e. The molecule has 5 heterocycles. The number of carbonyl (C=O) groups excluding carboxylic acids is 5. The third-order valence-corrected chi connectivity index (χ3v) is 14.8. The zero-order valence-electron chi connectivity index (χ0n) is 46.8. The number of piperazine rings is 1. The average Bonchev–Trinajstić information content (AvgIpc) is 4.29. The van der Waals surface area contributed by atoms with Gasteiger partial charge in [0.1, 0.15) is 30.3 Å². The van der Waals surface area contributed by atoms with Crippen LogP contribution in [0.2, 0.25) is 0 Å². The lowest BCUT2D eigenvalue weighted by Gasteiger charge is -2.34. The number of rotatable bonds is 25. The molecule has 4 aliphatic heterocycles. The molecule has 5 atom stereocenters. The zero-order chi connectivity index (χ0) is 58.0. The van der Waals surface area contributed by atoms with Crippen molar-refractivity contribution in [3.63, 3.8) is 0 Å². The predicted molar refractivity (Wildman–Crippen MR) is 310 cm³/mol. The molecule has 0 aliphatic carbocycles. The number of alkyl halides is 1. The maximum Gasteiger partial charge on any atom is 0.318 e. The van der Waals surface area contributed by atoms with Crippen LogP contribution in [-0.2, 0) is 25.8 Å². The van der Waals surface area contributed by atoms with E-state index >= 15 is 0 Å². The molecule has 18 nitrogen and oxygen atoms in total. The number of nitrogens with one attached hydrogen (secondary N) is 3. The van der Waals surface area contributed by atoms with Crippen molar-refractivity contribution in [3.8, 4) is 24.1 Å². The molecule has 432 valence electrons. The Bertz CT molecular complexity index is 2760. The summed E-state index contributed by atoms with van der Waals surface area (Å²) in [5.41, 5.74) is 6.69. The Morgan fingerprint density at radius 1 is 1.05 bits per heavy atom. The van der Waals surface area contributed by atoms with E-state index in [0.717, 1.165) is 70.6 Å². The van der Waals surface area contributed by atoms with E-state index in [1.54, 1.807) is 26.2 Å². The lowest BCUT2D eigenvalue weighted by molar-refractivity contribution is -0.111. The molecule has 5 unspecified atom stereocenters. The molecular weight excluding hydrogens is 1030 g/mol. The fraction of sp³-hybridized carbons (Fsp3) is 0.500. The van der Waals surface area contributed by atoms with Crippen LogP contribution in [0.25, 0.3) is 16.5 Å². The zero-order valence-corrected chi connectivity index (χ0v) is 46.8. The van der Waals surface area contributed by atoms with Gasteiger partial charge in [-0.15, -0.1) is 6.42 Å². The second kappa shape index (κ2) is 33.3. The van der Waals surface area contributed by atoms with E-state index in [0.29, 0.717) is 94.9 Å². The third-order valence-electron chi connectivity index (χ3n) is 14.8. The van der Waals surface area contributed by atoms with Crippen molar-refractivity contribution >= 4 is 65.5 Å². The highest BCUT2D eigenvalue weighted by atomic mass is 19.1. The van der Waals surface area contributed by atoms with E-state index in [-0.39, 0.29) is 41.0 Å². The van der Waals surface area contributed by atoms with Crippen molar-refractivity contribution in [2.75, 3.05) is 70.8 Å². The number of phenols is 1. The van der Waals surface area contributed by atoms with Crippen molar-refractivity contribution < 1.29 is 47.3 Å². The number of benzene rings is 3. The number of ether oxygens (including phenoxy) is 2. The summed E-state index contributed by atoms with van der Waals surface area (Å²) in [6, 6.07) is 12.7. The summed E-state index contributed by atoms with van der Waals surface area (Å²) in [6.07, 6.45) is 25.2. The number of likely N-dealkylation sites (N-methyl/N-ethyl adjacent to an activating group) is 1. The summed E-state index contributed by atoms with van der Waals surface area (Å²) in [6.45, 7) is 10.4. The molecular formula is C60H80F2N10O8. The number of aliphatic imine (C=N–C) groups is 1. The summed E-state index contributed by atoms with van der Waals surface area (Å²) < 4.78 is 39.8. The number of anilines is 2. The van der Waals surface area contributed by atoms with E-state index in [1.165, 1.54) is 94.0 Å². The van der Waals surface area contributed by atoms with Gasteiger partial charge in [0.05, 0.1) is 47.8 Å². The number of methoxy groups -OCH3 is 1. The van der Waals surface area contributed by atoms with Gasteiger partial charge in [-0.05, 0) is 94.0 Å². The Balaban J connectivity index is 0.000000263. The molecule has 20 heteroatoms. The van der Waals surface area contributed by atoms with Crippen LogP contribution in [0.15, 0.2) is 54.0 Å². The van der Waals surface area contributed by atoms with Gasteiger partial charge in [0.25, 0.3) is 5.91 Å². The van der Waals surface area contributed by atoms with Gasteiger partial charge in [-0.1, -0.05) is 69.7 Å². The number of aromatic nitrogens is 2. The van der Waals surface area contributed by atoms with E-state index in [4.69, 9.17) is 25.5 Å². The maximum atomic E-state index is 14.5. The molecule has 1 aromatic heterocycles. The normalized spacial score (nSPS) is 18.2. The van der Waals surface area contributed by atoms with E-state index < -0.39 is 18.5 Å². The third kappa shape index (κ3) is 17.3. The van der Waals surface area contributed by atoms with E-state index in [1.807, 2.05) is 13.0 Å². The number of hydrogen-bond acceptors (Lipinski definition) is 15. The lowest BCUT2D eigenvalue weighted by atomic mass is 9.97. The number of terminal acetylenes is 1. The van der Waals surface area contributed by atoms with Gasteiger partial charge in [0, 0.05) is 92.9 Å².